The van der Waals surface area contributed by atoms with Crippen molar-refractivity contribution >= 4 is 5.91 Å². The number of likely N-dealkylation sites (N-methyl/N-ethyl adjacent to an activating group) is 1. The van der Waals surface area contributed by atoms with Gasteiger partial charge in [-0.1, -0.05) is 19.9 Å². The van der Waals surface area contributed by atoms with E-state index < -0.39 is 6.10 Å². The lowest BCUT2D eigenvalue weighted by molar-refractivity contribution is -0.000850. The van der Waals surface area contributed by atoms with E-state index in [2.05, 4.69) is 28.6 Å². The number of hydrogen-bond donors (Lipinski definition) is 1. The van der Waals surface area contributed by atoms with Crippen LogP contribution in [0, 0.1) is 5.92 Å². The second kappa shape index (κ2) is 14.3. The number of aromatic nitrogens is 1. The van der Waals surface area contributed by atoms with E-state index in [1.165, 1.54) is 6.26 Å². The number of methoxy groups -OCH3 is 2. The number of piperazine rings is 1. The summed E-state index contributed by atoms with van der Waals surface area (Å²) in [5.74, 6) is 2.17. The molecule has 1 amide bonds. The van der Waals surface area contributed by atoms with Crippen molar-refractivity contribution in [3.63, 3.8) is 0 Å². The van der Waals surface area contributed by atoms with E-state index in [-0.39, 0.29) is 5.91 Å². The monoisotopic (exact) mass is 518 g/mol. The van der Waals surface area contributed by atoms with Crippen LogP contribution in [0.4, 0.5) is 0 Å². The van der Waals surface area contributed by atoms with Crippen molar-refractivity contribution in [2.45, 2.75) is 32.9 Å². The number of aliphatic hydroxyl groups is 1. The van der Waals surface area contributed by atoms with Crippen molar-refractivity contribution in [2.75, 3.05) is 73.7 Å². The van der Waals surface area contributed by atoms with Crippen LogP contribution in [0.25, 0.3) is 0 Å². The molecular formula is C27H42N4O6. The largest absolute Gasteiger partial charge is 0.493 e. The number of aliphatic hydroxyl groups excluding tert-OH is 1. The predicted molar refractivity (Wildman–Crippen MR) is 140 cm³/mol. The average Bonchev–Trinajstić information content (AvgIpc) is 3.35. The zero-order valence-corrected chi connectivity index (χ0v) is 22.8. The van der Waals surface area contributed by atoms with Gasteiger partial charge in [-0.3, -0.25) is 14.6 Å². The summed E-state index contributed by atoms with van der Waals surface area (Å²) in [7, 11) is 4.97. The third-order valence-corrected chi connectivity index (χ3v) is 6.36. The maximum atomic E-state index is 12.9. The van der Waals surface area contributed by atoms with Gasteiger partial charge in [0.1, 0.15) is 6.26 Å². The molecule has 1 N–H and O–H groups in total. The fraction of sp³-hybridized carbons (Fsp3) is 0.630. The summed E-state index contributed by atoms with van der Waals surface area (Å²) < 4.78 is 21.8. The number of β-amino-alcohol motifs (C(OH)–C–C–N with tert-alkyl or cyclic N) is 1. The molecule has 0 saturated carbocycles. The SMILES string of the molecule is COc1ccc(CCN(C)C(=O)c2coc(CN3CCN(CC(O)COCC(C)C)CC3)n2)cc1OC. The van der Waals surface area contributed by atoms with E-state index in [0.29, 0.717) is 68.3 Å². The molecule has 1 aromatic heterocycles. The Kier molecular flexibility index (Phi) is 11.2. The third-order valence-electron chi connectivity index (χ3n) is 6.36. The molecule has 10 heteroatoms. The summed E-state index contributed by atoms with van der Waals surface area (Å²) in [4.78, 5) is 23.4. The molecule has 206 valence electrons. The van der Waals surface area contributed by atoms with Gasteiger partial charge >= 0.3 is 0 Å². The molecule has 1 aliphatic heterocycles. The van der Waals surface area contributed by atoms with Crippen LogP contribution < -0.4 is 9.47 Å². The molecule has 0 spiro atoms. The van der Waals surface area contributed by atoms with Crippen LogP contribution in [0.2, 0.25) is 0 Å². The van der Waals surface area contributed by atoms with Gasteiger partial charge in [0.05, 0.1) is 33.5 Å². The topological polar surface area (TPSA) is 101 Å². The maximum Gasteiger partial charge on any atom is 0.275 e. The summed E-state index contributed by atoms with van der Waals surface area (Å²) in [6.45, 7) is 10.3. The maximum absolute atomic E-state index is 12.9. The Bertz CT molecular complexity index is 974. The van der Waals surface area contributed by atoms with Gasteiger partial charge in [-0.2, -0.15) is 0 Å². The molecule has 0 radical (unpaired) electrons. The lowest BCUT2D eigenvalue weighted by atomic mass is 10.1. The molecule has 1 saturated heterocycles. The first-order valence-corrected chi connectivity index (χ1v) is 12.9. The van der Waals surface area contributed by atoms with Gasteiger partial charge < -0.3 is 28.6 Å². The van der Waals surface area contributed by atoms with Gasteiger partial charge in [-0.15, -0.1) is 0 Å². The predicted octanol–water partition coefficient (Wildman–Crippen LogP) is 2.16. The Morgan fingerprint density at radius 3 is 2.49 bits per heavy atom. The number of hydrogen-bond acceptors (Lipinski definition) is 9. The molecule has 1 unspecified atom stereocenters. The van der Waals surface area contributed by atoms with Crippen molar-refractivity contribution < 1.29 is 28.5 Å². The first-order chi connectivity index (χ1) is 17.8. The van der Waals surface area contributed by atoms with Gasteiger partial charge in [0.25, 0.3) is 5.91 Å². The Morgan fingerprint density at radius 2 is 1.81 bits per heavy atom. The van der Waals surface area contributed by atoms with Crippen LogP contribution in [0.3, 0.4) is 0 Å². The number of carbonyl (C=O) groups excluding carboxylic acids is 1. The van der Waals surface area contributed by atoms with Crippen molar-refractivity contribution in [1.29, 1.82) is 0 Å². The third kappa shape index (κ3) is 8.99. The van der Waals surface area contributed by atoms with Gasteiger partial charge in [-0.05, 0) is 30.0 Å². The summed E-state index contributed by atoms with van der Waals surface area (Å²) in [5.41, 5.74) is 1.36. The van der Waals surface area contributed by atoms with Crippen LogP contribution in [-0.4, -0.2) is 111 Å². The summed E-state index contributed by atoms with van der Waals surface area (Å²) in [6.07, 6.45) is 1.64. The number of benzene rings is 1. The summed E-state index contributed by atoms with van der Waals surface area (Å²) in [5, 5.41) is 10.2. The number of nitrogens with zero attached hydrogens (tertiary/aromatic N) is 4. The number of ether oxygens (including phenoxy) is 3. The highest BCUT2D eigenvalue weighted by Crippen LogP contribution is 2.27. The van der Waals surface area contributed by atoms with Crippen molar-refractivity contribution in [2.24, 2.45) is 5.92 Å². The fourth-order valence-electron chi connectivity index (χ4n) is 4.22. The van der Waals surface area contributed by atoms with Crippen LogP contribution >= 0.6 is 0 Å². The van der Waals surface area contributed by atoms with E-state index in [0.717, 1.165) is 31.7 Å². The second-order valence-electron chi connectivity index (χ2n) is 9.95. The van der Waals surface area contributed by atoms with Gasteiger partial charge in [-0.25, -0.2) is 4.98 Å². The zero-order valence-electron chi connectivity index (χ0n) is 22.8. The first-order valence-electron chi connectivity index (χ1n) is 12.9. The standard InChI is InChI=1S/C27H42N4O6/c1-20(2)17-36-18-22(32)15-30-10-12-31(13-11-30)16-26-28-23(19-37-26)27(33)29(3)9-8-21-6-7-24(34-4)25(14-21)35-5/h6-7,14,19-20,22,32H,8-13,15-18H2,1-5H3. The molecule has 0 aliphatic carbocycles. The molecule has 1 atom stereocenters. The Balaban J connectivity index is 1.41. The van der Waals surface area contributed by atoms with Crippen LogP contribution in [-0.2, 0) is 17.7 Å². The molecule has 10 nitrogen and oxygen atoms in total. The lowest BCUT2D eigenvalue weighted by Gasteiger charge is -2.34. The fourth-order valence-corrected chi connectivity index (χ4v) is 4.22. The molecule has 2 heterocycles. The summed E-state index contributed by atoms with van der Waals surface area (Å²) >= 11 is 0. The summed E-state index contributed by atoms with van der Waals surface area (Å²) in [6, 6.07) is 5.76. The van der Waals surface area contributed by atoms with E-state index in [9.17, 15) is 9.90 Å². The van der Waals surface area contributed by atoms with E-state index in [4.69, 9.17) is 18.6 Å². The zero-order chi connectivity index (χ0) is 26.8. The minimum absolute atomic E-state index is 0.172. The molecule has 1 aliphatic rings. The molecule has 3 rings (SSSR count). The molecule has 1 fully saturated rings. The quantitative estimate of drug-likeness (QED) is 0.403. The molecule has 0 bridgehead atoms. The average molecular weight is 519 g/mol. The van der Waals surface area contributed by atoms with Crippen LogP contribution in [0.5, 0.6) is 11.5 Å². The second-order valence-corrected chi connectivity index (χ2v) is 9.95. The van der Waals surface area contributed by atoms with Gasteiger partial charge in [0, 0.05) is 52.9 Å². The van der Waals surface area contributed by atoms with Crippen LogP contribution in [0.15, 0.2) is 28.9 Å². The number of oxazole rings is 1. The number of amides is 1. The molecule has 37 heavy (non-hydrogen) atoms. The van der Waals surface area contributed by atoms with E-state index in [1.54, 1.807) is 26.2 Å². The number of rotatable bonds is 14. The molecule has 2 aromatic rings. The molecular weight excluding hydrogens is 476 g/mol. The molecule has 1 aromatic carbocycles. The van der Waals surface area contributed by atoms with E-state index in [1.807, 2.05) is 18.2 Å². The highest BCUT2D eigenvalue weighted by Gasteiger charge is 2.22. The highest BCUT2D eigenvalue weighted by atomic mass is 16.5. The highest BCUT2D eigenvalue weighted by molar-refractivity contribution is 5.91. The Hall–Kier alpha value is -2.66. The van der Waals surface area contributed by atoms with Gasteiger partial charge in [0.2, 0.25) is 5.89 Å². The van der Waals surface area contributed by atoms with E-state index >= 15 is 0 Å². The smallest absolute Gasteiger partial charge is 0.275 e. The minimum atomic E-state index is -0.477. The van der Waals surface area contributed by atoms with Crippen molar-refractivity contribution in [1.82, 2.24) is 19.7 Å². The Labute approximate surface area is 220 Å². The van der Waals surface area contributed by atoms with Gasteiger partial charge in [0.15, 0.2) is 17.2 Å². The normalized spacial score (nSPS) is 15.6. The lowest BCUT2D eigenvalue weighted by Crippen LogP contribution is -2.48. The minimum Gasteiger partial charge on any atom is -0.493 e. The number of carbonyl (C=O) groups is 1. The van der Waals surface area contributed by atoms with Crippen molar-refractivity contribution in [3.05, 3.63) is 41.6 Å². The van der Waals surface area contributed by atoms with Crippen LogP contribution in [0.1, 0.15) is 35.8 Å². The Morgan fingerprint density at radius 1 is 1.11 bits per heavy atom. The van der Waals surface area contributed by atoms with Crippen molar-refractivity contribution in [3.8, 4) is 11.5 Å². The first kappa shape index (κ1) is 28.9.